The van der Waals surface area contributed by atoms with Crippen molar-refractivity contribution in [1.29, 1.82) is 0 Å². The molecule has 4 nitrogen and oxygen atoms in total. The van der Waals surface area contributed by atoms with E-state index >= 15 is 0 Å². The summed E-state index contributed by atoms with van der Waals surface area (Å²) >= 11 is 1.86. The number of pyridine rings is 1. The maximum Gasteiger partial charge on any atom is 0.254 e. The SMILES string of the molecule is COc1cc(C(=O)N2CCCC(CSC)C2)c2ccccc2n1. The smallest absolute Gasteiger partial charge is 0.254 e. The highest BCUT2D eigenvalue weighted by molar-refractivity contribution is 7.98. The molecule has 1 aromatic heterocycles. The Balaban J connectivity index is 1.93. The minimum Gasteiger partial charge on any atom is -0.481 e. The topological polar surface area (TPSA) is 42.4 Å². The molecule has 1 fully saturated rings. The van der Waals surface area contributed by atoms with Crippen LogP contribution in [0.1, 0.15) is 23.2 Å². The Bertz CT molecular complexity index is 702. The van der Waals surface area contributed by atoms with Gasteiger partial charge in [-0.3, -0.25) is 4.79 Å². The predicted octanol–water partition coefficient (Wildman–Crippen LogP) is 3.46. The van der Waals surface area contributed by atoms with E-state index in [-0.39, 0.29) is 5.91 Å². The van der Waals surface area contributed by atoms with Gasteiger partial charge in [-0.15, -0.1) is 0 Å². The Labute approximate surface area is 141 Å². The number of piperidine rings is 1. The van der Waals surface area contributed by atoms with Crippen LogP contribution in [0.25, 0.3) is 10.9 Å². The third kappa shape index (κ3) is 3.44. The molecule has 2 heterocycles. The highest BCUT2D eigenvalue weighted by Crippen LogP contribution is 2.26. The number of thioether (sulfide) groups is 1. The van der Waals surface area contributed by atoms with Crippen LogP contribution in [0.15, 0.2) is 30.3 Å². The van der Waals surface area contributed by atoms with Gasteiger partial charge in [0.1, 0.15) is 0 Å². The molecule has 1 amide bonds. The van der Waals surface area contributed by atoms with Crippen molar-refractivity contribution in [2.24, 2.45) is 5.92 Å². The van der Waals surface area contributed by atoms with Gasteiger partial charge in [0.2, 0.25) is 5.88 Å². The number of carbonyl (C=O) groups excluding carboxylic acids is 1. The molecular formula is C18H22N2O2S. The molecule has 5 heteroatoms. The van der Waals surface area contributed by atoms with Gasteiger partial charge >= 0.3 is 0 Å². The molecule has 0 radical (unpaired) electrons. The van der Waals surface area contributed by atoms with Crippen molar-refractivity contribution >= 4 is 28.6 Å². The third-order valence-electron chi connectivity index (χ3n) is 4.34. The molecule has 0 saturated carbocycles. The van der Waals surface area contributed by atoms with Gasteiger partial charge in [-0.1, -0.05) is 18.2 Å². The fraction of sp³-hybridized carbons (Fsp3) is 0.444. The monoisotopic (exact) mass is 330 g/mol. The summed E-state index contributed by atoms with van der Waals surface area (Å²) in [5, 5.41) is 0.894. The van der Waals surface area contributed by atoms with E-state index in [0.29, 0.717) is 17.4 Å². The molecule has 0 bridgehead atoms. The Morgan fingerprint density at radius 3 is 3.04 bits per heavy atom. The fourth-order valence-electron chi connectivity index (χ4n) is 3.22. The molecule has 1 aliphatic heterocycles. The van der Waals surface area contributed by atoms with Gasteiger partial charge in [0, 0.05) is 24.5 Å². The zero-order valence-electron chi connectivity index (χ0n) is 13.6. The number of carbonyl (C=O) groups is 1. The number of para-hydroxylation sites is 1. The Morgan fingerprint density at radius 2 is 2.26 bits per heavy atom. The molecule has 23 heavy (non-hydrogen) atoms. The largest absolute Gasteiger partial charge is 0.481 e. The molecule has 1 saturated heterocycles. The standard InChI is InChI=1S/C18H22N2O2S/c1-22-17-10-15(14-7-3-4-8-16(14)19-17)18(21)20-9-5-6-13(11-20)12-23-2/h3-4,7-8,10,13H,5-6,9,11-12H2,1-2H3. The number of methoxy groups -OCH3 is 1. The number of likely N-dealkylation sites (tertiary alicyclic amines) is 1. The molecule has 0 spiro atoms. The van der Waals surface area contributed by atoms with Crippen LogP contribution in [0, 0.1) is 5.92 Å². The molecule has 0 N–H and O–H groups in total. The number of ether oxygens (including phenoxy) is 1. The molecule has 1 aromatic carbocycles. The molecule has 1 aliphatic rings. The predicted molar refractivity (Wildman–Crippen MR) is 95.3 cm³/mol. The van der Waals surface area contributed by atoms with E-state index < -0.39 is 0 Å². The van der Waals surface area contributed by atoms with E-state index in [1.807, 2.05) is 40.9 Å². The number of benzene rings is 1. The van der Waals surface area contributed by atoms with E-state index in [4.69, 9.17) is 4.74 Å². The number of aromatic nitrogens is 1. The van der Waals surface area contributed by atoms with Gasteiger partial charge < -0.3 is 9.64 Å². The van der Waals surface area contributed by atoms with Crippen molar-refractivity contribution in [3.63, 3.8) is 0 Å². The summed E-state index contributed by atoms with van der Waals surface area (Å²) in [5.74, 6) is 2.29. The summed E-state index contributed by atoms with van der Waals surface area (Å²) in [6.45, 7) is 1.68. The van der Waals surface area contributed by atoms with E-state index in [1.54, 1.807) is 13.2 Å². The maximum absolute atomic E-state index is 13.1. The van der Waals surface area contributed by atoms with Crippen LogP contribution in [0.5, 0.6) is 5.88 Å². The average Bonchev–Trinajstić information content (AvgIpc) is 2.60. The number of amides is 1. The van der Waals surface area contributed by atoms with Crippen molar-refractivity contribution in [2.75, 3.05) is 32.2 Å². The number of hydrogen-bond donors (Lipinski definition) is 0. The second-order valence-corrected chi connectivity index (χ2v) is 6.85. The van der Waals surface area contributed by atoms with Crippen molar-refractivity contribution in [1.82, 2.24) is 9.88 Å². The van der Waals surface area contributed by atoms with Crippen LogP contribution in [0.2, 0.25) is 0 Å². The van der Waals surface area contributed by atoms with Crippen molar-refractivity contribution in [3.8, 4) is 5.88 Å². The first-order valence-corrected chi connectivity index (χ1v) is 9.34. The summed E-state index contributed by atoms with van der Waals surface area (Å²) in [5.41, 5.74) is 1.49. The van der Waals surface area contributed by atoms with Gasteiger partial charge in [-0.2, -0.15) is 11.8 Å². The number of hydrogen-bond acceptors (Lipinski definition) is 4. The lowest BCUT2D eigenvalue weighted by molar-refractivity contribution is 0.0687. The van der Waals surface area contributed by atoms with Crippen LogP contribution in [0.4, 0.5) is 0 Å². The lowest BCUT2D eigenvalue weighted by atomic mass is 9.98. The highest BCUT2D eigenvalue weighted by Gasteiger charge is 2.25. The fourth-order valence-corrected chi connectivity index (χ4v) is 3.97. The molecule has 1 atom stereocenters. The van der Waals surface area contributed by atoms with E-state index in [2.05, 4.69) is 11.2 Å². The number of rotatable bonds is 4. The van der Waals surface area contributed by atoms with Crippen molar-refractivity contribution in [2.45, 2.75) is 12.8 Å². The van der Waals surface area contributed by atoms with E-state index in [0.717, 1.165) is 36.2 Å². The van der Waals surface area contributed by atoms with Crippen LogP contribution in [-0.2, 0) is 0 Å². The van der Waals surface area contributed by atoms with Gasteiger partial charge in [0.15, 0.2) is 0 Å². The summed E-state index contributed by atoms with van der Waals surface area (Å²) in [4.78, 5) is 19.5. The Kier molecular flexibility index (Phi) is 5.06. The minimum absolute atomic E-state index is 0.0905. The zero-order chi connectivity index (χ0) is 16.2. The second kappa shape index (κ2) is 7.21. The molecule has 0 aliphatic carbocycles. The molecular weight excluding hydrogens is 308 g/mol. The van der Waals surface area contributed by atoms with E-state index in [9.17, 15) is 4.79 Å². The van der Waals surface area contributed by atoms with Crippen LogP contribution < -0.4 is 4.74 Å². The second-order valence-electron chi connectivity index (χ2n) is 5.94. The maximum atomic E-state index is 13.1. The molecule has 2 aromatic rings. The zero-order valence-corrected chi connectivity index (χ0v) is 14.4. The third-order valence-corrected chi connectivity index (χ3v) is 5.15. The number of fused-ring (bicyclic) bond motifs is 1. The lowest BCUT2D eigenvalue weighted by Crippen LogP contribution is -2.40. The lowest BCUT2D eigenvalue weighted by Gasteiger charge is -2.32. The quantitative estimate of drug-likeness (QED) is 0.861. The summed E-state index contributed by atoms with van der Waals surface area (Å²) < 4.78 is 5.27. The van der Waals surface area contributed by atoms with Gasteiger partial charge in [-0.05, 0) is 36.8 Å². The van der Waals surface area contributed by atoms with Gasteiger partial charge in [0.05, 0.1) is 18.2 Å². The van der Waals surface area contributed by atoms with Crippen molar-refractivity contribution in [3.05, 3.63) is 35.9 Å². The first kappa shape index (κ1) is 16.1. The highest BCUT2D eigenvalue weighted by atomic mass is 32.2. The summed E-state index contributed by atoms with van der Waals surface area (Å²) in [6.07, 6.45) is 4.42. The Morgan fingerprint density at radius 1 is 1.43 bits per heavy atom. The summed E-state index contributed by atoms with van der Waals surface area (Å²) in [6, 6.07) is 9.51. The van der Waals surface area contributed by atoms with Gasteiger partial charge in [-0.25, -0.2) is 4.98 Å². The molecule has 122 valence electrons. The van der Waals surface area contributed by atoms with Crippen LogP contribution in [-0.4, -0.2) is 48.0 Å². The molecule has 1 unspecified atom stereocenters. The van der Waals surface area contributed by atoms with Crippen molar-refractivity contribution < 1.29 is 9.53 Å². The first-order chi connectivity index (χ1) is 11.2. The normalized spacial score (nSPS) is 18.2. The van der Waals surface area contributed by atoms with Crippen LogP contribution in [0.3, 0.4) is 0 Å². The minimum atomic E-state index is 0.0905. The summed E-state index contributed by atoms with van der Waals surface area (Å²) in [7, 11) is 1.58. The molecule has 3 rings (SSSR count). The van der Waals surface area contributed by atoms with E-state index in [1.165, 1.54) is 6.42 Å². The number of nitrogens with zero attached hydrogens (tertiary/aromatic N) is 2. The first-order valence-electron chi connectivity index (χ1n) is 7.95. The Hall–Kier alpha value is -1.75. The van der Waals surface area contributed by atoms with Crippen LogP contribution >= 0.6 is 11.8 Å². The average molecular weight is 330 g/mol. The van der Waals surface area contributed by atoms with Gasteiger partial charge in [0.25, 0.3) is 5.91 Å².